The van der Waals surface area contributed by atoms with Crippen LogP contribution in [-0.4, -0.2) is 32.2 Å². The number of benzene rings is 2. The molecule has 0 saturated heterocycles. The lowest BCUT2D eigenvalue weighted by atomic mass is 10.0. The van der Waals surface area contributed by atoms with Crippen molar-refractivity contribution in [3.8, 4) is 11.5 Å². The van der Waals surface area contributed by atoms with Crippen LogP contribution in [0.3, 0.4) is 0 Å². The van der Waals surface area contributed by atoms with Crippen LogP contribution in [0.25, 0.3) is 0 Å². The topological polar surface area (TPSA) is 73.9 Å². The van der Waals surface area contributed by atoms with E-state index in [1.165, 1.54) is 0 Å². The van der Waals surface area contributed by atoms with Gasteiger partial charge in [-0.15, -0.1) is 0 Å². The van der Waals surface area contributed by atoms with Crippen LogP contribution in [0.5, 0.6) is 11.5 Å². The molecule has 2 rings (SSSR count). The molecule has 1 N–H and O–H groups in total. The predicted octanol–water partition coefficient (Wildman–Crippen LogP) is 3.76. The second-order valence-corrected chi connectivity index (χ2v) is 7.25. The number of nitrogens with one attached hydrogen (secondary N) is 1. The Morgan fingerprint density at radius 2 is 1.52 bits per heavy atom. The predicted molar refractivity (Wildman–Crippen MR) is 111 cm³/mol. The first-order valence-corrected chi connectivity index (χ1v) is 9.62. The minimum absolute atomic E-state index is 0.283. The normalized spacial score (nSPS) is 11.7. The first-order chi connectivity index (χ1) is 13.8. The van der Waals surface area contributed by atoms with E-state index in [1.807, 2.05) is 18.2 Å². The molecule has 29 heavy (non-hydrogen) atoms. The van der Waals surface area contributed by atoms with E-state index < -0.39 is 12.1 Å². The highest BCUT2D eigenvalue weighted by Gasteiger charge is 2.19. The van der Waals surface area contributed by atoms with Crippen LogP contribution in [0.4, 0.5) is 0 Å². The van der Waals surface area contributed by atoms with Crippen LogP contribution < -0.4 is 14.8 Å². The van der Waals surface area contributed by atoms with Crippen molar-refractivity contribution in [2.24, 2.45) is 5.92 Å². The number of amides is 1. The van der Waals surface area contributed by atoms with Crippen LogP contribution in [0, 0.1) is 5.92 Å². The molecule has 1 amide bonds. The summed E-state index contributed by atoms with van der Waals surface area (Å²) in [4.78, 5) is 24.6. The summed E-state index contributed by atoms with van der Waals surface area (Å²) in [5.41, 5.74) is 2.43. The molecule has 0 bridgehead atoms. The Labute approximate surface area is 172 Å². The Bertz CT molecular complexity index is 830. The molecular weight excluding hydrogens is 370 g/mol. The van der Waals surface area contributed by atoms with Gasteiger partial charge in [0.05, 0.1) is 19.8 Å². The van der Waals surface area contributed by atoms with Crippen molar-refractivity contribution in [3.63, 3.8) is 0 Å². The fourth-order valence-corrected chi connectivity index (χ4v) is 2.85. The van der Waals surface area contributed by atoms with Crippen LogP contribution in [0.2, 0.25) is 0 Å². The first kappa shape index (κ1) is 22.3. The third kappa shape index (κ3) is 6.52. The highest BCUT2D eigenvalue weighted by atomic mass is 16.5. The lowest BCUT2D eigenvalue weighted by molar-refractivity contribution is -0.129. The van der Waals surface area contributed by atoms with E-state index in [4.69, 9.17) is 14.2 Å². The number of rotatable bonds is 9. The van der Waals surface area contributed by atoms with Gasteiger partial charge in [-0.3, -0.25) is 4.79 Å². The van der Waals surface area contributed by atoms with E-state index in [9.17, 15) is 9.59 Å². The Hall–Kier alpha value is -3.02. The van der Waals surface area contributed by atoms with E-state index in [-0.39, 0.29) is 12.5 Å². The molecule has 0 fully saturated rings. The van der Waals surface area contributed by atoms with Gasteiger partial charge in [-0.25, -0.2) is 4.79 Å². The summed E-state index contributed by atoms with van der Waals surface area (Å²) in [7, 11) is 3.12. The third-order valence-electron chi connectivity index (χ3n) is 4.40. The van der Waals surface area contributed by atoms with Gasteiger partial charge < -0.3 is 19.5 Å². The molecule has 0 saturated carbocycles. The van der Waals surface area contributed by atoms with E-state index in [1.54, 1.807) is 45.4 Å². The van der Waals surface area contributed by atoms with Gasteiger partial charge in [-0.1, -0.05) is 32.0 Å². The fourth-order valence-electron chi connectivity index (χ4n) is 2.85. The minimum atomic E-state index is -0.905. The Morgan fingerprint density at radius 1 is 0.897 bits per heavy atom. The average molecular weight is 399 g/mol. The maximum Gasteiger partial charge on any atom is 0.338 e. The molecule has 1 atom stereocenters. The number of carbonyl (C=O) groups is 2. The molecule has 0 unspecified atom stereocenters. The summed E-state index contributed by atoms with van der Waals surface area (Å²) in [5, 5.41) is 2.76. The third-order valence-corrected chi connectivity index (χ3v) is 4.40. The molecule has 0 spiro atoms. The molecule has 156 valence electrons. The SMILES string of the molecule is COc1ccc(CNC(=O)[C@H](C)OC(=O)c2ccc(CC(C)C)cc2)cc1OC. The lowest BCUT2D eigenvalue weighted by Crippen LogP contribution is -2.35. The quantitative estimate of drug-likeness (QED) is 0.650. The number of ether oxygens (including phenoxy) is 3. The number of methoxy groups -OCH3 is 2. The minimum Gasteiger partial charge on any atom is -0.493 e. The molecule has 0 heterocycles. The van der Waals surface area contributed by atoms with Crippen molar-refractivity contribution < 1.29 is 23.8 Å². The van der Waals surface area contributed by atoms with Gasteiger partial charge in [0.2, 0.25) is 0 Å². The molecule has 0 aromatic heterocycles. The van der Waals surface area contributed by atoms with Crippen molar-refractivity contribution in [1.29, 1.82) is 0 Å². The first-order valence-electron chi connectivity index (χ1n) is 9.62. The van der Waals surface area contributed by atoms with Gasteiger partial charge >= 0.3 is 5.97 Å². The zero-order valence-corrected chi connectivity index (χ0v) is 17.7. The van der Waals surface area contributed by atoms with Crippen molar-refractivity contribution in [2.45, 2.75) is 39.8 Å². The molecule has 2 aromatic rings. The van der Waals surface area contributed by atoms with Crippen LogP contribution in [0.15, 0.2) is 42.5 Å². The van der Waals surface area contributed by atoms with Gasteiger partial charge in [-0.2, -0.15) is 0 Å². The molecule has 2 aromatic carbocycles. The molecule has 0 aliphatic carbocycles. The van der Waals surface area contributed by atoms with Crippen LogP contribution in [-0.2, 0) is 22.5 Å². The summed E-state index contributed by atoms with van der Waals surface area (Å²) >= 11 is 0. The molecule has 6 heteroatoms. The molecule has 0 radical (unpaired) electrons. The lowest BCUT2D eigenvalue weighted by Gasteiger charge is -2.15. The van der Waals surface area contributed by atoms with Gasteiger partial charge in [0.15, 0.2) is 17.6 Å². The maximum absolute atomic E-state index is 12.3. The van der Waals surface area contributed by atoms with Crippen LogP contribution >= 0.6 is 0 Å². The summed E-state index contributed by atoms with van der Waals surface area (Å²) in [6.07, 6.45) is 0.0440. The van der Waals surface area contributed by atoms with Gasteiger partial charge in [0, 0.05) is 6.54 Å². The Morgan fingerprint density at radius 3 is 2.10 bits per heavy atom. The molecular formula is C23H29NO5. The monoisotopic (exact) mass is 399 g/mol. The smallest absolute Gasteiger partial charge is 0.338 e. The second kappa shape index (κ2) is 10.5. The highest BCUT2D eigenvalue weighted by Crippen LogP contribution is 2.27. The zero-order valence-electron chi connectivity index (χ0n) is 17.7. The number of carbonyl (C=O) groups excluding carboxylic acids is 2. The molecule has 0 aliphatic heterocycles. The molecule has 0 aliphatic rings. The van der Waals surface area contributed by atoms with Gasteiger partial charge in [-0.05, 0) is 54.7 Å². The highest BCUT2D eigenvalue weighted by molar-refractivity contribution is 5.92. The summed E-state index contributed by atoms with van der Waals surface area (Å²) < 4.78 is 15.7. The summed E-state index contributed by atoms with van der Waals surface area (Å²) in [6.45, 7) is 6.12. The van der Waals surface area contributed by atoms with Gasteiger partial charge in [0.1, 0.15) is 0 Å². The summed E-state index contributed by atoms with van der Waals surface area (Å²) in [5.74, 6) is 0.852. The Kier molecular flexibility index (Phi) is 8.07. The summed E-state index contributed by atoms with van der Waals surface area (Å²) in [6, 6.07) is 12.7. The van der Waals surface area contributed by atoms with Crippen molar-refractivity contribution in [1.82, 2.24) is 5.32 Å². The molecule has 6 nitrogen and oxygen atoms in total. The van der Waals surface area contributed by atoms with E-state index >= 15 is 0 Å². The van der Waals surface area contributed by atoms with E-state index in [0.717, 1.165) is 17.5 Å². The van der Waals surface area contributed by atoms with Crippen molar-refractivity contribution in [2.75, 3.05) is 14.2 Å². The number of hydrogen-bond acceptors (Lipinski definition) is 5. The standard InChI is InChI=1S/C23H29NO5/c1-15(2)12-17-6-9-19(10-7-17)23(26)29-16(3)22(25)24-14-18-8-11-20(27-4)21(13-18)28-5/h6-11,13,15-16H,12,14H2,1-5H3,(H,24,25)/t16-/m0/s1. The maximum atomic E-state index is 12.3. The van der Waals surface area contributed by atoms with Gasteiger partial charge in [0.25, 0.3) is 5.91 Å². The number of hydrogen-bond donors (Lipinski definition) is 1. The second-order valence-electron chi connectivity index (χ2n) is 7.25. The van der Waals surface area contributed by atoms with Crippen molar-refractivity contribution in [3.05, 3.63) is 59.2 Å². The zero-order chi connectivity index (χ0) is 21.4. The van der Waals surface area contributed by atoms with Crippen molar-refractivity contribution >= 4 is 11.9 Å². The average Bonchev–Trinajstić information content (AvgIpc) is 2.71. The Balaban J connectivity index is 1.89. The van der Waals surface area contributed by atoms with E-state index in [0.29, 0.717) is 23.0 Å². The largest absolute Gasteiger partial charge is 0.493 e. The number of esters is 1. The fraction of sp³-hybridized carbons (Fsp3) is 0.391. The van der Waals surface area contributed by atoms with Crippen LogP contribution in [0.1, 0.15) is 42.3 Å². The van der Waals surface area contributed by atoms with E-state index in [2.05, 4.69) is 19.2 Å².